The standard InChI is InChI=1S/C12H23N5O/c1-3-18-7-10-14-11(16-15-10)17-6-4-5-12(2,8-13)9-17/h3-9,13H2,1-2H3,(H,14,15,16). The van der Waals surface area contributed by atoms with Crippen LogP contribution in [0.3, 0.4) is 0 Å². The molecule has 3 N–H and O–H groups in total. The normalized spacial score (nSPS) is 24.5. The molecule has 1 atom stereocenters. The van der Waals surface area contributed by atoms with Gasteiger partial charge in [0.15, 0.2) is 5.82 Å². The number of nitrogens with zero attached hydrogens (tertiary/aromatic N) is 3. The molecule has 2 rings (SSSR count). The first-order chi connectivity index (χ1) is 8.67. The average Bonchev–Trinajstić information content (AvgIpc) is 2.85. The zero-order valence-electron chi connectivity index (χ0n) is 11.3. The molecule has 1 aromatic rings. The second kappa shape index (κ2) is 5.67. The van der Waals surface area contributed by atoms with Gasteiger partial charge in [0, 0.05) is 19.7 Å². The monoisotopic (exact) mass is 253 g/mol. The second-order valence-electron chi connectivity index (χ2n) is 5.26. The van der Waals surface area contributed by atoms with E-state index >= 15 is 0 Å². The smallest absolute Gasteiger partial charge is 0.244 e. The number of hydrogen-bond donors (Lipinski definition) is 2. The van der Waals surface area contributed by atoms with E-state index in [1.54, 1.807) is 0 Å². The Morgan fingerprint density at radius 1 is 1.56 bits per heavy atom. The van der Waals surface area contributed by atoms with Gasteiger partial charge in [-0.25, -0.2) is 0 Å². The Morgan fingerprint density at radius 2 is 2.39 bits per heavy atom. The number of ether oxygens (including phenoxy) is 1. The Bertz CT molecular complexity index is 380. The quantitative estimate of drug-likeness (QED) is 0.815. The molecule has 18 heavy (non-hydrogen) atoms. The molecule has 1 saturated heterocycles. The number of piperidine rings is 1. The molecular weight excluding hydrogens is 230 g/mol. The first-order valence-corrected chi connectivity index (χ1v) is 6.61. The van der Waals surface area contributed by atoms with Crippen LogP contribution in [0.25, 0.3) is 0 Å². The second-order valence-corrected chi connectivity index (χ2v) is 5.26. The summed E-state index contributed by atoms with van der Waals surface area (Å²) in [6.07, 6.45) is 2.32. The van der Waals surface area contributed by atoms with E-state index in [1.165, 1.54) is 6.42 Å². The zero-order valence-corrected chi connectivity index (χ0v) is 11.3. The lowest BCUT2D eigenvalue weighted by Crippen LogP contribution is -2.46. The van der Waals surface area contributed by atoms with Crippen molar-refractivity contribution in [1.82, 2.24) is 15.2 Å². The predicted octanol–water partition coefficient (Wildman–Crippen LogP) is 0.906. The van der Waals surface area contributed by atoms with Crippen molar-refractivity contribution < 1.29 is 4.74 Å². The molecule has 0 saturated carbocycles. The minimum Gasteiger partial charge on any atom is -0.374 e. The minimum absolute atomic E-state index is 0.180. The summed E-state index contributed by atoms with van der Waals surface area (Å²) in [5, 5.41) is 7.19. The van der Waals surface area contributed by atoms with Crippen LogP contribution in [0.2, 0.25) is 0 Å². The Balaban J connectivity index is 2.00. The van der Waals surface area contributed by atoms with E-state index < -0.39 is 0 Å². The third-order valence-corrected chi connectivity index (χ3v) is 3.52. The highest BCUT2D eigenvalue weighted by atomic mass is 16.5. The molecule has 0 aromatic carbocycles. The van der Waals surface area contributed by atoms with Crippen molar-refractivity contribution in [3.8, 4) is 0 Å². The van der Waals surface area contributed by atoms with E-state index in [0.29, 0.717) is 19.8 Å². The molecule has 1 unspecified atom stereocenters. The van der Waals surface area contributed by atoms with Gasteiger partial charge < -0.3 is 15.4 Å². The maximum atomic E-state index is 5.85. The van der Waals surface area contributed by atoms with Crippen LogP contribution < -0.4 is 10.6 Å². The molecule has 1 aliphatic heterocycles. The average molecular weight is 253 g/mol. The Morgan fingerprint density at radius 3 is 3.11 bits per heavy atom. The molecule has 0 bridgehead atoms. The summed E-state index contributed by atoms with van der Waals surface area (Å²) in [4.78, 5) is 6.68. The van der Waals surface area contributed by atoms with Gasteiger partial charge in [-0.15, -0.1) is 5.10 Å². The first kappa shape index (κ1) is 13.3. The van der Waals surface area contributed by atoms with Crippen LogP contribution >= 0.6 is 0 Å². The fourth-order valence-corrected chi connectivity index (χ4v) is 2.34. The Hall–Kier alpha value is -1.14. The van der Waals surface area contributed by atoms with Crippen LogP contribution in [0.15, 0.2) is 0 Å². The summed E-state index contributed by atoms with van der Waals surface area (Å²) in [6, 6.07) is 0. The predicted molar refractivity (Wildman–Crippen MR) is 70.3 cm³/mol. The molecule has 2 heterocycles. The number of H-pyrrole nitrogens is 1. The molecule has 0 amide bonds. The summed E-state index contributed by atoms with van der Waals surface area (Å²) < 4.78 is 5.31. The number of rotatable bonds is 5. The largest absolute Gasteiger partial charge is 0.374 e. The van der Waals surface area contributed by atoms with Gasteiger partial charge in [0.1, 0.15) is 6.61 Å². The van der Waals surface area contributed by atoms with Gasteiger partial charge in [0.25, 0.3) is 0 Å². The topological polar surface area (TPSA) is 80.1 Å². The summed E-state index contributed by atoms with van der Waals surface area (Å²) in [5.74, 6) is 1.55. The molecule has 6 nitrogen and oxygen atoms in total. The SMILES string of the molecule is CCOCc1nc(N2CCCC(C)(CN)C2)n[nH]1. The summed E-state index contributed by atoms with van der Waals surface area (Å²) in [6.45, 7) is 8.01. The molecule has 6 heteroatoms. The molecule has 102 valence electrons. The van der Waals surface area contributed by atoms with E-state index in [2.05, 4.69) is 27.0 Å². The fourth-order valence-electron chi connectivity index (χ4n) is 2.34. The van der Waals surface area contributed by atoms with Crippen molar-refractivity contribution >= 4 is 5.95 Å². The van der Waals surface area contributed by atoms with Crippen molar-refractivity contribution in [2.45, 2.75) is 33.3 Å². The number of anilines is 1. The lowest BCUT2D eigenvalue weighted by Gasteiger charge is -2.39. The van der Waals surface area contributed by atoms with Gasteiger partial charge in [0.05, 0.1) is 0 Å². The zero-order chi connectivity index (χ0) is 13.0. The minimum atomic E-state index is 0.180. The van der Waals surface area contributed by atoms with Crippen LogP contribution in [0.5, 0.6) is 0 Å². The number of hydrogen-bond acceptors (Lipinski definition) is 5. The van der Waals surface area contributed by atoms with Crippen LogP contribution in [0.1, 0.15) is 32.5 Å². The van der Waals surface area contributed by atoms with Gasteiger partial charge in [-0.1, -0.05) is 6.92 Å². The van der Waals surface area contributed by atoms with Crippen LogP contribution in [-0.2, 0) is 11.3 Å². The maximum Gasteiger partial charge on any atom is 0.244 e. The molecule has 0 aliphatic carbocycles. The number of nitrogens with one attached hydrogen (secondary N) is 1. The van der Waals surface area contributed by atoms with Gasteiger partial charge in [-0.3, -0.25) is 5.10 Å². The van der Waals surface area contributed by atoms with Crippen molar-refractivity contribution in [1.29, 1.82) is 0 Å². The third kappa shape index (κ3) is 3.00. The number of aromatic nitrogens is 3. The molecule has 1 fully saturated rings. The maximum absolute atomic E-state index is 5.85. The first-order valence-electron chi connectivity index (χ1n) is 6.61. The van der Waals surface area contributed by atoms with E-state index in [4.69, 9.17) is 10.5 Å². The highest BCUT2D eigenvalue weighted by Crippen LogP contribution is 2.29. The molecule has 1 aliphatic rings. The highest BCUT2D eigenvalue weighted by molar-refractivity contribution is 5.30. The molecule has 0 radical (unpaired) electrons. The lowest BCUT2D eigenvalue weighted by atomic mass is 9.82. The van der Waals surface area contributed by atoms with Crippen LogP contribution in [-0.4, -0.2) is 41.4 Å². The molecule has 1 aromatic heterocycles. The summed E-state index contributed by atoms with van der Waals surface area (Å²) in [5.41, 5.74) is 6.03. The van der Waals surface area contributed by atoms with Crippen LogP contribution in [0, 0.1) is 5.41 Å². The van der Waals surface area contributed by atoms with Gasteiger partial charge in [0.2, 0.25) is 5.95 Å². The number of nitrogens with two attached hydrogens (primary N) is 1. The van der Waals surface area contributed by atoms with Gasteiger partial charge >= 0.3 is 0 Å². The van der Waals surface area contributed by atoms with Gasteiger partial charge in [-0.05, 0) is 31.7 Å². The van der Waals surface area contributed by atoms with E-state index in [-0.39, 0.29) is 5.41 Å². The third-order valence-electron chi connectivity index (χ3n) is 3.52. The Kier molecular flexibility index (Phi) is 4.19. The van der Waals surface area contributed by atoms with E-state index in [1.807, 2.05) is 6.92 Å². The van der Waals surface area contributed by atoms with Crippen molar-refractivity contribution in [3.05, 3.63) is 5.82 Å². The van der Waals surface area contributed by atoms with Crippen molar-refractivity contribution in [3.63, 3.8) is 0 Å². The van der Waals surface area contributed by atoms with E-state index in [0.717, 1.165) is 31.3 Å². The van der Waals surface area contributed by atoms with Crippen LogP contribution in [0.4, 0.5) is 5.95 Å². The van der Waals surface area contributed by atoms with E-state index in [9.17, 15) is 0 Å². The Labute approximate surface area is 108 Å². The fraction of sp³-hybridized carbons (Fsp3) is 0.833. The summed E-state index contributed by atoms with van der Waals surface area (Å²) in [7, 11) is 0. The molecular formula is C12H23N5O. The molecule has 0 spiro atoms. The summed E-state index contributed by atoms with van der Waals surface area (Å²) >= 11 is 0. The highest BCUT2D eigenvalue weighted by Gasteiger charge is 2.31. The number of aromatic amines is 1. The van der Waals surface area contributed by atoms with Crippen molar-refractivity contribution in [2.75, 3.05) is 31.1 Å². The lowest BCUT2D eigenvalue weighted by molar-refractivity contribution is 0.128. The van der Waals surface area contributed by atoms with Crippen molar-refractivity contribution in [2.24, 2.45) is 11.1 Å². The van der Waals surface area contributed by atoms with Gasteiger partial charge in [-0.2, -0.15) is 4.98 Å².